The molecule has 16 heavy (non-hydrogen) atoms. The van der Waals surface area contributed by atoms with Gasteiger partial charge in [0.05, 0.1) is 5.84 Å². The Balaban J connectivity index is 2.22. The van der Waals surface area contributed by atoms with Gasteiger partial charge in [-0.25, -0.2) is 0 Å². The van der Waals surface area contributed by atoms with E-state index in [0.29, 0.717) is 5.84 Å². The highest BCUT2D eigenvalue weighted by atomic mass is 32.2. The Kier molecular flexibility index (Phi) is 5.16. The molecule has 1 rings (SSSR count). The van der Waals surface area contributed by atoms with E-state index in [-0.39, 0.29) is 5.41 Å². The summed E-state index contributed by atoms with van der Waals surface area (Å²) >= 11 is 2.09. The van der Waals surface area contributed by atoms with Gasteiger partial charge in [-0.05, 0) is 30.9 Å². The van der Waals surface area contributed by atoms with Crippen molar-refractivity contribution in [2.24, 2.45) is 17.1 Å². The second-order valence-corrected chi connectivity index (χ2v) is 7.22. The third-order valence-corrected chi connectivity index (χ3v) is 5.04. The molecule has 1 fully saturated rings. The molecule has 0 heterocycles. The Labute approximate surface area is 104 Å². The summed E-state index contributed by atoms with van der Waals surface area (Å²) in [5, 5.41) is 8.37. The quantitative estimate of drug-likeness (QED) is 0.571. The predicted molar refractivity (Wildman–Crippen MR) is 74.2 cm³/mol. The van der Waals surface area contributed by atoms with Crippen LogP contribution in [0.5, 0.6) is 0 Å². The average Bonchev–Trinajstić information content (AvgIpc) is 2.17. The van der Waals surface area contributed by atoms with E-state index in [1.165, 1.54) is 25.7 Å². The summed E-state index contributed by atoms with van der Waals surface area (Å²) in [6, 6.07) is 0. The van der Waals surface area contributed by atoms with Gasteiger partial charge in [-0.15, -0.1) is 0 Å². The SMILES string of the molecule is CC1CCCC(SCCC(C)(C)C(=N)N)C1. The Morgan fingerprint density at radius 3 is 2.69 bits per heavy atom. The maximum Gasteiger partial charge on any atom is 0.0963 e. The van der Waals surface area contributed by atoms with E-state index in [9.17, 15) is 0 Å². The molecule has 3 N–H and O–H groups in total. The van der Waals surface area contributed by atoms with Crippen LogP contribution in [0.2, 0.25) is 0 Å². The Hall–Kier alpha value is -0.180. The normalized spacial score (nSPS) is 26.7. The van der Waals surface area contributed by atoms with Crippen LogP contribution in [0, 0.1) is 16.7 Å². The van der Waals surface area contributed by atoms with Crippen molar-refractivity contribution in [2.75, 3.05) is 5.75 Å². The number of rotatable bonds is 5. The van der Waals surface area contributed by atoms with Gasteiger partial charge < -0.3 is 5.73 Å². The van der Waals surface area contributed by atoms with Gasteiger partial charge in [-0.2, -0.15) is 11.8 Å². The molecule has 1 saturated carbocycles. The minimum atomic E-state index is -0.118. The maximum atomic E-state index is 7.52. The standard InChI is InChI=1S/C13H26N2S/c1-10-5-4-6-11(9-10)16-8-7-13(2,3)12(14)15/h10-11H,4-9H2,1-3H3,(H3,14,15). The number of hydrogen-bond donors (Lipinski definition) is 2. The smallest absolute Gasteiger partial charge is 0.0963 e. The van der Waals surface area contributed by atoms with Crippen molar-refractivity contribution in [2.45, 2.75) is 58.1 Å². The van der Waals surface area contributed by atoms with Crippen LogP contribution in [0.25, 0.3) is 0 Å². The van der Waals surface area contributed by atoms with Crippen molar-refractivity contribution in [1.29, 1.82) is 5.41 Å². The van der Waals surface area contributed by atoms with Crippen molar-refractivity contribution < 1.29 is 0 Å². The van der Waals surface area contributed by atoms with Crippen LogP contribution >= 0.6 is 11.8 Å². The Bertz CT molecular complexity index is 238. The molecule has 0 aromatic carbocycles. The van der Waals surface area contributed by atoms with Crippen LogP contribution in [0.1, 0.15) is 52.9 Å². The van der Waals surface area contributed by atoms with Gasteiger partial charge in [0.2, 0.25) is 0 Å². The molecule has 3 heteroatoms. The lowest BCUT2D eigenvalue weighted by Gasteiger charge is -2.28. The van der Waals surface area contributed by atoms with Crippen LogP contribution in [0.4, 0.5) is 0 Å². The summed E-state index contributed by atoms with van der Waals surface area (Å²) in [5.74, 6) is 2.38. The van der Waals surface area contributed by atoms with Crippen molar-refractivity contribution in [3.8, 4) is 0 Å². The largest absolute Gasteiger partial charge is 0.387 e. The second-order valence-electron chi connectivity index (χ2n) is 5.81. The molecule has 94 valence electrons. The number of amidine groups is 1. The highest BCUT2D eigenvalue weighted by Gasteiger charge is 2.23. The van der Waals surface area contributed by atoms with E-state index in [1.807, 2.05) is 0 Å². The van der Waals surface area contributed by atoms with E-state index < -0.39 is 0 Å². The van der Waals surface area contributed by atoms with Gasteiger partial charge in [-0.3, -0.25) is 5.41 Å². The molecule has 0 aromatic heterocycles. The molecular weight excluding hydrogens is 216 g/mol. The summed E-state index contributed by atoms with van der Waals surface area (Å²) < 4.78 is 0. The first-order valence-electron chi connectivity index (χ1n) is 6.38. The number of hydrogen-bond acceptors (Lipinski definition) is 2. The van der Waals surface area contributed by atoms with Gasteiger partial charge >= 0.3 is 0 Å². The molecule has 0 bridgehead atoms. The van der Waals surface area contributed by atoms with E-state index in [2.05, 4.69) is 32.5 Å². The highest BCUT2D eigenvalue weighted by Crippen LogP contribution is 2.33. The molecule has 2 atom stereocenters. The Morgan fingerprint density at radius 2 is 2.12 bits per heavy atom. The topological polar surface area (TPSA) is 49.9 Å². The maximum absolute atomic E-state index is 7.52. The fourth-order valence-electron chi connectivity index (χ4n) is 2.15. The third kappa shape index (κ3) is 4.36. The first-order valence-corrected chi connectivity index (χ1v) is 7.43. The lowest BCUT2D eigenvalue weighted by Crippen LogP contribution is -2.31. The Morgan fingerprint density at radius 1 is 1.44 bits per heavy atom. The van der Waals surface area contributed by atoms with E-state index in [1.54, 1.807) is 0 Å². The lowest BCUT2D eigenvalue weighted by atomic mass is 9.89. The van der Waals surface area contributed by atoms with Crippen molar-refractivity contribution >= 4 is 17.6 Å². The van der Waals surface area contributed by atoms with E-state index >= 15 is 0 Å². The summed E-state index contributed by atoms with van der Waals surface area (Å²) in [4.78, 5) is 0. The predicted octanol–water partition coefficient (Wildman–Crippen LogP) is 3.65. The average molecular weight is 242 g/mol. The molecular formula is C13H26N2S. The molecule has 1 aliphatic carbocycles. The van der Waals surface area contributed by atoms with Gasteiger partial charge in [0.15, 0.2) is 0 Å². The lowest BCUT2D eigenvalue weighted by molar-refractivity contribution is 0.393. The van der Waals surface area contributed by atoms with Crippen molar-refractivity contribution in [3.05, 3.63) is 0 Å². The molecule has 2 unspecified atom stereocenters. The van der Waals surface area contributed by atoms with Crippen LogP contribution in [-0.2, 0) is 0 Å². The molecule has 0 aromatic rings. The zero-order valence-corrected chi connectivity index (χ0v) is 11.7. The molecule has 0 amide bonds. The first kappa shape index (κ1) is 13.9. The van der Waals surface area contributed by atoms with Gasteiger partial charge in [0.25, 0.3) is 0 Å². The van der Waals surface area contributed by atoms with Gasteiger partial charge in [0, 0.05) is 10.7 Å². The molecule has 0 saturated heterocycles. The van der Waals surface area contributed by atoms with E-state index in [0.717, 1.165) is 23.3 Å². The number of nitrogens with two attached hydrogens (primary N) is 1. The van der Waals surface area contributed by atoms with E-state index in [4.69, 9.17) is 11.1 Å². The molecule has 0 spiro atoms. The molecule has 2 nitrogen and oxygen atoms in total. The van der Waals surface area contributed by atoms with Crippen LogP contribution < -0.4 is 5.73 Å². The summed E-state index contributed by atoms with van der Waals surface area (Å²) in [7, 11) is 0. The highest BCUT2D eigenvalue weighted by molar-refractivity contribution is 7.99. The van der Waals surface area contributed by atoms with Gasteiger partial charge in [-0.1, -0.05) is 33.6 Å². The minimum absolute atomic E-state index is 0.118. The van der Waals surface area contributed by atoms with Crippen molar-refractivity contribution in [3.63, 3.8) is 0 Å². The fourth-order valence-corrected chi connectivity index (χ4v) is 3.90. The van der Waals surface area contributed by atoms with Gasteiger partial charge in [0.1, 0.15) is 0 Å². The molecule has 0 aliphatic heterocycles. The summed E-state index contributed by atoms with van der Waals surface area (Å²) in [6.07, 6.45) is 6.60. The summed E-state index contributed by atoms with van der Waals surface area (Å²) in [5.41, 5.74) is 5.47. The fraction of sp³-hybridized carbons (Fsp3) is 0.923. The number of thioether (sulfide) groups is 1. The van der Waals surface area contributed by atoms with Crippen LogP contribution in [0.15, 0.2) is 0 Å². The minimum Gasteiger partial charge on any atom is -0.387 e. The van der Waals surface area contributed by atoms with Crippen molar-refractivity contribution in [1.82, 2.24) is 0 Å². The van der Waals surface area contributed by atoms with Crippen LogP contribution in [-0.4, -0.2) is 16.8 Å². The molecule has 0 radical (unpaired) electrons. The third-order valence-electron chi connectivity index (χ3n) is 3.70. The zero-order chi connectivity index (χ0) is 12.2. The zero-order valence-electron chi connectivity index (χ0n) is 10.9. The monoisotopic (exact) mass is 242 g/mol. The number of nitrogens with one attached hydrogen (secondary N) is 1. The summed E-state index contributed by atoms with van der Waals surface area (Å²) in [6.45, 7) is 6.50. The van der Waals surface area contributed by atoms with Crippen LogP contribution in [0.3, 0.4) is 0 Å². The molecule has 1 aliphatic rings. The first-order chi connectivity index (χ1) is 7.42. The second kappa shape index (κ2) is 5.95.